The van der Waals surface area contributed by atoms with E-state index in [1.54, 1.807) is 5.57 Å². The maximum Gasteiger partial charge on any atom is 0.0224 e. The van der Waals surface area contributed by atoms with E-state index in [9.17, 15) is 0 Å². The molecule has 2 unspecified atom stereocenters. The van der Waals surface area contributed by atoms with Gasteiger partial charge >= 0.3 is 0 Å². The van der Waals surface area contributed by atoms with Crippen LogP contribution in [0.15, 0.2) is 23.3 Å². The molecule has 1 aliphatic rings. The van der Waals surface area contributed by atoms with Crippen LogP contribution in [0.3, 0.4) is 0 Å². The summed E-state index contributed by atoms with van der Waals surface area (Å²) in [5.74, 6) is 0. The Morgan fingerprint density at radius 1 is 1.20 bits per heavy atom. The van der Waals surface area contributed by atoms with E-state index in [1.165, 1.54) is 56.9 Å². The van der Waals surface area contributed by atoms with Crippen LogP contribution in [-0.2, 0) is 0 Å². The Labute approximate surface area is 128 Å². The van der Waals surface area contributed by atoms with Gasteiger partial charge in [-0.2, -0.15) is 0 Å². The molecule has 0 spiro atoms. The molecule has 0 amide bonds. The van der Waals surface area contributed by atoms with Crippen molar-refractivity contribution in [1.29, 1.82) is 0 Å². The van der Waals surface area contributed by atoms with Gasteiger partial charge in [-0.15, -0.1) is 0 Å². The smallest absolute Gasteiger partial charge is 0.0224 e. The molecule has 0 heterocycles. The summed E-state index contributed by atoms with van der Waals surface area (Å²) in [6.07, 6.45) is 14.9. The van der Waals surface area contributed by atoms with Crippen LogP contribution in [0.5, 0.6) is 0 Å². The van der Waals surface area contributed by atoms with E-state index in [-0.39, 0.29) is 0 Å². The van der Waals surface area contributed by atoms with Crippen LogP contribution >= 0.6 is 9.39 Å². The molecule has 0 bridgehead atoms. The van der Waals surface area contributed by atoms with Crippen LogP contribution in [0.1, 0.15) is 65.2 Å². The third kappa shape index (κ3) is 8.19. The fourth-order valence-electron chi connectivity index (χ4n) is 2.55. The number of hydrogen-bond donors (Lipinski definition) is 2. The van der Waals surface area contributed by atoms with Crippen molar-refractivity contribution >= 4 is 9.39 Å². The zero-order valence-corrected chi connectivity index (χ0v) is 14.5. The molecule has 116 valence electrons. The number of nitrogens with one attached hydrogen (secondary N) is 2. The zero-order valence-electron chi connectivity index (χ0n) is 13.4. The summed E-state index contributed by atoms with van der Waals surface area (Å²) in [7, 11) is 2.66. The normalized spacial score (nSPS) is 16.8. The molecule has 0 fully saturated rings. The summed E-state index contributed by atoms with van der Waals surface area (Å²) in [5, 5.41) is 6.91. The van der Waals surface area contributed by atoms with Gasteiger partial charge in [0, 0.05) is 12.6 Å². The molecule has 2 N–H and O–H groups in total. The number of unbranched alkanes of at least 4 members (excludes halogenated alkanes) is 2. The van der Waals surface area contributed by atoms with E-state index >= 15 is 0 Å². The van der Waals surface area contributed by atoms with Crippen molar-refractivity contribution in [2.24, 2.45) is 0 Å². The fraction of sp³-hybridized carbons (Fsp3) is 0.765. The van der Waals surface area contributed by atoms with Crippen molar-refractivity contribution in [3.8, 4) is 0 Å². The second-order valence-electron chi connectivity index (χ2n) is 5.99. The predicted molar refractivity (Wildman–Crippen MR) is 94.0 cm³/mol. The molecule has 20 heavy (non-hydrogen) atoms. The van der Waals surface area contributed by atoms with Crippen LogP contribution in [-0.4, -0.2) is 19.1 Å². The number of allylic oxidation sites excluding steroid dienone is 4. The minimum Gasteiger partial charge on any atom is -0.315 e. The highest BCUT2D eigenvalue weighted by Gasteiger charge is 2.05. The second-order valence-corrected chi connectivity index (χ2v) is 6.32. The lowest BCUT2D eigenvalue weighted by molar-refractivity contribution is 0.495. The second kappa shape index (κ2) is 11.5. The Kier molecular flexibility index (Phi) is 10.3. The molecule has 1 rings (SSSR count). The van der Waals surface area contributed by atoms with Gasteiger partial charge in [-0.1, -0.05) is 52.5 Å². The van der Waals surface area contributed by atoms with Crippen molar-refractivity contribution in [1.82, 2.24) is 10.4 Å². The van der Waals surface area contributed by atoms with Crippen molar-refractivity contribution in [3.05, 3.63) is 23.3 Å². The maximum atomic E-state index is 3.58. The van der Waals surface area contributed by atoms with E-state index in [2.05, 4.69) is 45.8 Å². The Bertz CT molecular complexity index is 310. The van der Waals surface area contributed by atoms with Crippen molar-refractivity contribution in [2.75, 3.05) is 13.1 Å². The first-order valence-electron chi connectivity index (χ1n) is 8.26. The summed E-state index contributed by atoms with van der Waals surface area (Å²) in [5.41, 5.74) is 3.17. The summed E-state index contributed by atoms with van der Waals surface area (Å²) in [4.78, 5) is 0. The summed E-state index contributed by atoms with van der Waals surface area (Å²) in [6.45, 7) is 6.72. The van der Waals surface area contributed by atoms with Gasteiger partial charge in [0.25, 0.3) is 0 Å². The monoisotopic (exact) mass is 296 g/mol. The number of hydrogen-bond acceptors (Lipinski definition) is 2. The Morgan fingerprint density at radius 3 is 2.70 bits per heavy atom. The molecule has 0 saturated carbocycles. The third-order valence-corrected chi connectivity index (χ3v) is 4.53. The van der Waals surface area contributed by atoms with Gasteiger partial charge in [-0.05, 0) is 52.0 Å². The van der Waals surface area contributed by atoms with Gasteiger partial charge < -0.3 is 5.32 Å². The third-order valence-electron chi connectivity index (χ3n) is 4.06. The van der Waals surface area contributed by atoms with Crippen LogP contribution < -0.4 is 10.4 Å². The molecular weight excluding hydrogens is 263 g/mol. The predicted octanol–water partition coefficient (Wildman–Crippen LogP) is 4.35. The molecular formula is C17H33N2P. The summed E-state index contributed by atoms with van der Waals surface area (Å²) >= 11 is 0. The van der Waals surface area contributed by atoms with Crippen LogP contribution in [0, 0.1) is 0 Å². The standard InChI is InChI=1S/C17H33N2P/c1-3-4-8-17(19-20)14-18-13-6-5-7-16-11-9-15(2)10-12-16/h9,12,17-19H,3-8,10-11,13-14,20H2,1-2H3. The first-order chi connectivity index (χ1) is 9.76. The average molecular weight is 296 g/mol. The average Bonchev–Trinajstić information content (AvgIpc) is 2.47. The van der Waals surface area contributed by atoms with E-state index in [1.807, 2.05) is 0 Å². The molecule has 1 aliphatic carbocycles. The van der Waals surface area contributed by atoms with Gasteiger partial charge in [0.2, 0.25) is 0 Å². The highest BCUT2D eigenvalue weighted by atomic mass is 31.0. The number of rotatable bonds is 11. The molecule has 0 aromatic rings. The Balaban J connectivity index is 1.96. The molecule has 0 aromatic carbocycles. The molecule has 2 atom stereocenters. The molecule has 0 aliphatic heterocycles. The van der Waals surface area contributed by atoms with Gasteiger partial charge in [-0.25, -0.2) is 0 Å². The van der Waals surface area contributed by atoms with E-state index in [0.29, 0.717) is 6.04 Å². The Hall–Kier alpha value is -0.170. The zero-order chi connectivity index (χ0) is 14.6. The Morgan fingerprint density at radius 2 is 2.05 bits per heavy atom. The topological polar surface area (TPSA) is 24.1 Å². The SMILES string of the molecule is CCCCC(CNCCCCC1=CCC(C)=CC1)NP. The quantitative estimate of drug-likeness (QED) is 0.336. The first-order valence-corrected chi connectivity index (χ1v) is 8.84. The molecule has 0 saturated heterocycles. The van der Waals surface area contributed by atoms with E-state index in [4.69, 9.17) is 0 Å². The maximum absolute atomic E-state index is 3.58. The van der Waals surface area contributed by atoms with Gasteiger partial charge in [0.15, 0.2) is 0 Å². The highest BCUT2D eigenvalue weighted by Crippen LogP contribution is 2.20. The van der Waals surface area contributed by atoms with Gasteiger partial charge in [-0.3, -0.25) is 5.09 Å². The lowest BCUT2D eigenvalue weighted by Crippen LogP contribution is -2.34. The highest BCUT2D eigenvalue weighted by molar-refractivity contribution is 7.13. The lowest BCUT2D eigenvalue weighted by Gasteiger charge is -2.16. The minimum atomic E-state index is 0.606. The molecule has 0 aromatic heterocycles. The first kappa shape index (κ1) is 17.9. The lowest BCUT2D eigenvalue weighted by atomic mass is 9.96. The largest absolute Gasteiger partial charge is 0.315 e. The molecule has 0 radical (unpaired) electrons. The van der Waals surface area contributed by atoms with Crippen molar-refractivity contribution < 1.29 is 0 Å². The van der Waals surface area contributed by atoms with Crippen LogP contribution in [0.2, 0.25) is 0 Å². The minimum absolute atomic E-state index is 0.606. The van der Waals surface area contributed by atoms with Crippen LogP contribution in [0.25, 0.3) is 0 Å². The van der Waals surface area contributed by atoms with E-state index in [0.717, 1.165) is 13.1 Å². The van der Waals surface area contributed by atoms with Crippen LogP contribution in [0.4, 0.5) is 0 Å². The van der Waals surface area contributed by atoms with Gasteiger partial charge in [0.05, 0.1) is 0 Å². The van der Waals surface area contributed by atoms with Gasteiger partial charge in [0.1, 0.15) is 0 Å². The summed E-state index contributed by atoms with van der Waals surface area (Å²) in [6, 6.07) is 0.606. The molecule has 3 heteroatoms. The van der Waals surface area contributed by atoms with E-state index < -0.39 is 0 Å². The van der Waals surface area contributed by atoms with Crippen molar-refractivity contribution in [3.63, 3.8) is 0 Å². The molecule has 2 nitrogen and oxygen atoms in total. The fourth-order valence-corrected chi connectivity index (χ4v) is 2.84. The summed E-state index contributed by atoms with van der Waals surface area (Å²) < 4.78 is 0. The van der Waals surface area contributed by atoms with Crippen molar-refractivity contribution in [2.45, 2.75) is 71.3 Å².